The van der Waals surface area contributed by atoms with Gasteiger partial charge < -0.3 is 9.88 Å². The highest BCUT2D eigenvalue weighted by molar-refractivity contribution is 7.98. The third-order valence-electron chi connectivity index (χ3n) is 5.27. The van der Waals surface area contributed by atoms with Gasteiger partial charge in [0, 0.05) is 28.8 Å². The number of hydrogen-bond donors (Lipinski definition) is 1. The topological polar surface area (TPSA) is 85.6 Å². The van der Waals surface area contributed by atoms with E-state index >= 15 is 0 Å². The number of carbonyl (C=O) groups is 1. The lowest BCUT2D eigenvalue weighted by Crippen LogP contribution is -2.14. The van der Waals surface area contributed by atoms with Crippen molar-refractivity contribution in [1.29, 1.82) is 0 Å². The van der Waals surface area contributed by atoms with E-state index in [9.17, 15) is 4.79 Å². The smallest absolute Gasteiger partial charge is 0.231 e. The molecule has 9 heteroatoms. The fourth-order valence-corrected chi connectivity index (χ4v) is 5.26. The highest BCUT2D eigenvalue weighted by Gasteiger charge is 2.14. The molecule has 1 N–H and O–H groups in total. The minimum atomic E-state index is -0.0715. The molecule has 0 aliphatic rings. The van der Waals surface area contributed by atoms with Crippen LogP contribution in [0.5, 0.6) is 0 Å². The minimum absolute atomic E-state index is 0.0715. The fraction of sp³-hybridized carbons (Fsp3) is 0.208. The van der Waals surface area contributed by atoms with Crippen LogP contribution in [0.25, 0.3) is 22.1 Å². The zero-order chi connectivity index (χ0) is 22.8. The summed E-state index contributed by atoms with van der Waals surface area (Å²) >= 11 is 2.99. The van der Waals surface area contributed by atoms with E-state index in [1.165, 1.54) is 23.1 Å². The summed E-state index contributed by atoms with van der Waals surface area (Å²) in [6.07, 6.45) is 0.254. The third-order valence-corrected chi connectivity index (χ3v) is 7.04. The van der Waals surface area contributed by atoms with Crippen LogP contribution in [0, 0.1) is 6.92 Å². The zero-order valence-electron chi connectivity index (χ0n) is 18.3. The van der Waals surface area contributed by atoms with Crippen LogP contribution in [0.15, 0.2) is 59.1 Å². The Bertz CT molecular complexity index is 1440. The molecule has 0 spiro atoms. The number of hydrogen-bond acceptors (Lipinski definition) is 7. The number of rotatable bonds is 7. The first-order valence-corrected chi connectivity index (χ1v) is 12.5. The number of aromatic nitrogens is 5. The highest BCUT2D eigenvalue weighted by atomic mass is 32.2. The number of fused-ring (bicyclic) bond motifs is 3. The number of thiazole rings is 1. The predicted octanol–water partition coefficient (Wildman–Crippen LogP) is 5.24. The van der Waals surface area contributed by atoms with Crippen LogP contribution in [0.4, 0.5) is 5.69 Å². The second-order valence-corrected chi connectivity index (χ2v) is 9.53. The first-order chi connectivity index (χ1) is 16.1. The van der Waals surface area contributed by atoms with E-state index in [-0.39, 0.29) is 12.3 Å². The summed E-state index contributed by atoms with van der Waals surface area (Å²) in [4.78, 5) is 21.7. The lowest BCUT2D eigenvalue weighted by molar-refractivity contribution is -0.115. The standard InChI is InChI=1S/C24H22N6OS2/c1-3-30-19-7-5-4-6-18(19)22-23(30)27-24(29-28-22)33-14-17-13-32-21(26-17)12-20(31)25-16-10-8-15(2)9-11-16/h4-11,13H,3,12,14H2,1-2H3,(H,25,31). The first-order valence-electron chi connectivity index (χ1n) is 10.6. The number of benzene rings is 2. The Morgan fingerprint density at radius 3 is 2.73 bits per heavy atom. The molecule has 7 nitrogen and oxygen atoms in total. The second-order valence-electron chi connectivity index (χ2n) is 7.64. The maximum atomic E-state index is 12.3. The van der Waals surface area contributed by atoms with Crippen molar-refractivity contribution in [3.63, 3.8) is 0 Å². The molecule has 3 heterocycles. The molecule has 0 saturated carbocycles. The Balaban J connectivity index is 1.25. The van der Waals surface area contributed by atoms with Crippen molar-refractivity contribution in [2.75, 3.05) is 5.32 Å². The summed E-state index contributed by atoms with van der Waals surface area (Å²) in [5.41, 5.74) is 5.65. The lowest BCUT2D eigenvalue weighted by atomic mass is 10.2. The number of amides is 1. The van der Waals surface area contributed by atoms with Crippen LogP contribution in [0.2, 0.25) is 0 Å². The monoisotopic (exact) mass is 474 g/mol. The fourth-order valence-electron chi connectivity index (χ4n) is 3.68. The van der Waals surface area contributed by atoms with Gasteiger partial charge in [-0.25, -0.2) is 9.97 Å². The van der Waals surface area contributed by atoms with Gasteiger partial charge in [-0.15, -0.1) is 21.5 Å². The molecule has 1 amide bonds. The zero-order valence-corrected chi connectivity index (χ0v) is 19.9. The average Bonchev–Trinajstić information content (AvgIpc) is 3.40. The van der Waals surface area contributed by atoms with Crippen LogP contribution < -0.4 is 5.32 Å². The Morgan fingerprint density at radius 2 is 1.91 bits per heavy atom. The molecule has 33 heavy (non-hydrogen) atoms. The van der Waals surface area contributed by atoms with E-state index in [4.69, 9.17) is 4.98 Å². The van der Waals surface area contributed by atoms with E-state index in [0.717, 1.165) is 50.6 Å². The van der Waals surface area contributed by atoms with Crippen LogP contribution in [0.1, 0.15) is 23.2 Å². The first kappa shape index (κ1) is 21.5. The number of anilines is 1. The molecule has 0 atom stereocenters. The van der Waals surface area contributed by atoms with Gasteiger partial charge >= 0.3 is 0 Å². The maximum Gasteiger partial charge on any atom is 0.231 e. The van der Waals surface area contributed by atoms with Gasteiger partial charge in [-0.2, -0.15) is 0 Å². The van der Waals surface area contributed by atoms with Crippen molar-refractivity contribution in [2.24, 2.45) is 0 Å². The summed E-state index contributed by atoms with van der Waals surface area (Å²) in [5.74, 6) is 0.549. The van der Waals surface area contributed by atoms with Gasteiger partial charge in [-0.1, -0.05) is 47.7 Å². The molecule has 0 bridgehead atoms. The molecule has 0 radical (unpaired) electrons. The van der Waals surface area contributed by atoms with Crippen molar-refractivity contribution < 1.29 is 4.79 Å². The number of para-hydroxylation sites is 1. The number of nitrogens with zero attached hydrogens (tertiary/aromatic N) is 5. The van der Waals surface area contributed by atoms with E-state index in [0.29, 0.717) is 10.9 Å². The molecule has 0 fully saturated rings. The molecular weight excluding hydrogens is 452 g/mol. The van der Waals surface area contributed by atoms with Gasteiger partial charge in [0.1, 0.15) is 10.5 Å². The molecule has 0 saturated heterocycles. The van der Waals surface area contributed by atoms with E-state index < -0.39 is 0 Å². The normalized spacial score (nSPS) is 11.3. The Kier molecular flexibility index (Phi) is 6.06. The maximum absolute atomic E-state index is 12.3. The number of carbonyl (C=O) groups excluding carboxylic acids is 1. The number of nitrogens with one attached hydrogen (secondary N) is 1. The molecule has 5 aromatic rings. The summed E-state index contributed by atoms with van der Waals surface area (Å²) in [7, 11) is 0. The molecular formula is C24H22N6OS2. The summed E-state index contributed by atoms with van der Waals surface area (Å²) in [5, 5.41) is 16.2. The number of thioether (sulfide) groups is 1. The molecule has 0 aliphatic heterocycles. The van der Waals surface area contributed by atoms with Crippen molar-refractivity contribution in [1.82, 2.24) is 24.7 Å². The molecule has 0 aliphatic carbocycles. The Morgan fingerprint density at radius 1 is 1.09 bits per heavy atom. The lowest BCUT2D eigenvalue weighted by Gasteiger charge is -2.04. The molecule has 0 unspecified atom stereocenters. The van der Waals surface area contributed by atoms with Crippen LogP contribution in [-0.2, 0) is 23.5 Å². The van der Waals surface area contributed by atoms with Gasteiger partial charge in [-0.3, -0.25) is 4.79 Å². The quantitative estimate of drug-likeness (QED) is 0.325. The van der Waals surface area contributed by atoms with E-state index in [1.54, 1.807) is 0 Å². The predicted molar refractivity (Wildman–Crippen MR) is 134 cm³/mol. The molecule has 5 rings (SSSR count). The van der Waals surface area contributed by atoms with Crippen molar-refractivity contribution in [2.45, 2.75) is 37.7 Å². The van der Waals surface area contributed by atoms with Gasteiger partial charge in [-0.05, 0) is 32.0 Å². The minimum Gasteiger partial charge on any atom is -0.326 e. The highest BCUT2D eigenvalue weighted by Crippen LogP contribution is 2.28. The Labute approximate surface area is 199 Å². The summed E-state index contributed by atoms with van der Waals surface area (Å²) in [6, 6.07) is 15.9. The third kappa shape index (κ3) is 4.60. The van der Waals surface area contributed by atoms with Crippen LogP contribution >= 0.6 is 23.1 Å². The van der Waals surface area contributed by atoms with Crippen molar-refractivity contribution >= 4 is 56.8 Å². The molecule has 3 aromatic heterocycles. The van der Waals surface area contributed by atoms with E-state index in [2.05, 4.69) is 44.1 Å². The van der Waals surface area contributed by atoms with Crippen molar-refractivity contribution in [3.05, 3.63) is 70.2 Å². The molecule has 2 aromatic carbocycles. The SMILES string of the molecule is CCn1c2ccccc2c2nnc(SCc3csc(CC(=O)Nc4ccc(C)cc4)n3)nc21. The Hall–Kier alpha value is -3.30. The summed E-state index contributed by atoms with van der Waals surface area (Å²) < 4.78 is 2.16. The van der Waals surface area contributed by atoms with Crippen LogP contribution in [0.3, 0.4) is 0 Å². The molecule has 166 valence electrons. The van der Waals surface area contributed by atoms with Crippen LogP contribution in [-0.4, -0.2) is 30.6 Å². The van der Waals surface area contributed by atoms with Gasteiger partial charge in [0.15, 0.2) is 5.65 Å². The van der Waals surface area contributed by atoms with E-state index in [1.807, 2.05) is 48.7 Å². The number of aryl methyl sites for hydroxylation is 2. The largest absolute Gasteiger partial charge is 0.326 e. The van der Waals surface area contributed by atoms with Gasteiger partial charge in [0.25, 0.3) is 0 Å². The second kappa shape index (κ2) is 9.29. The summed E-state index contributed by atoms with van der Waals surface area (Å²) in [6.45, 7) is 4.93. The average molecular weight is 475 g/mol. The van der Waals surface area contributed by atoms with Gasteiger partial charge in [0.05, 0.1) is 17.6 Å². The van der Waals surface area contributed by atoms with Gasteiger partial charge in [0.2, 0.25) is 11.1 Å². The van der Waals surface area contributed by atoms with Crippen molar-refractivity contribution in [3.8, 4) is 0 Å².